The van der Waals surface area contributed by atoms with E-state index in [-0.39, 0.29) is 5.91 Å². The molecule has 0 saturated carbocycles. The summed E-state index contributed by atoms with van der Waals surface area (Å²) in [6.07, 6.45) is 6.88. The number of hydrogen-bond donors (Lipinski definition) is 0. The Balaban J connectivity index is 1.80. The molecule has 5 nitrogen and oxygen atoms in total. The number of aromatic nitrogens is 2. The molecule has 0 spiro atoms. The van der Waals surface area contributed by atoms with E-state index in [1.165, 1.54) is 11.1 Å². The summed E-state index contributed by atoms with van der Waals surface area (Å²) in [7, 11) is 3.61. The molecule has 0 radical (unpaired) electrons. The monoisotopic (exact) mass is 313 g/mol. The van der Waals surface area contributed by atoms with Crippen molar-refractivity contribution in [3.05, 3.63) is 53.4 Å². The van der Waals surface area contributed by atoms with Gasteiger partial charge in [0, 0.05) is 31.9 Å². The van der Waals surface area contributed by atoms with E-state index < -0.39 is 0 Å². The fourth-order valence-corrected chi connectivity index (χ4v) is 2.25. The maximum Gasteiger partial charge on any atom is 0.246 e. The molecule has 0 aliphatic rings. The number of carbonyl (C=O) groups excluding carboxylic acids is 1. The molecule has 5 heteroatoms. The van der Waals surface area contributed by atoms with Crippen molar-refractivity contribution in [2.75, 3.05) is 20.2 Å². The molecule has 0 unspecified atom stereocenters. The van der Waals surface area contributed by atoms with Crippen molar-refractivity contribution in [3.63, 3.8) is 0 Å². The molecule has 2 aromatic rings. The highest BCUT2D eigenvalue weighted by atomic mass is 16.5. The van der Waals surface area contributed by atoms with Crippen molar-refractivity contribution in [3.8, 4) is 5.75 Å². The van der Waals surface area contributed by atoms with Gasteiger partial charge in [0.25, 0.3) is 0 Å². The number of hydrogen-bond acceptors (Lipinski definition) is 3. The molecular weight excluding hydrogens is 290 g/mol. The van der Waals surface area contributed by atoms with Gasteiger partial charge in [0.2, 0.25) is 5.91 Å². The Kier molecular flexibility index (Phi) is 5.57. The number of ether oxygens (including phenoxy) is 1. The molecule has 0 aliphatic heterocycles. The molecule has 2 rings (SSSR count). The van der Waals surface area contributed by atoms with Crippen LogP contribution in [0.4, 0.5) is 0 Å². The number of aryl methyl sites for hydroxylation is 3. The topological polar surface area (TPSA) is 47.4 Å². The summed E-state index contributed by atoms with van der Waals surface area (Å²) in [4.78, 5) is 13.7. The zero-order valence-electron chi connectivity index (χ0n) is 14.1. The van der Waals surface area contributed by atoms with Gasteiger partial charge >= 0.3 is 0 Å². The van der Waals surface area contributed by atoms with Crippen LogP contribution in [0.2, 0.25) is 0 Å². The molecule has 1 aromatic heterocycles. The molecular formula is C18H23N3O2. The highest BCUT2D eigenvalue weighted by Crippen LogP contribution is 2.16. The van der Waals surface area contributed by atoms with Crippen LogP contribution in [0.1, 0.15) is 16.7 Å². The zero-order valence-corrected chi connectivity index (χ0v) is 14.1. The molecule has 1 aromatic carbocycles. The van der Waals surface area contributed by atoms with Crippen LogP contribution in [0.3, 0.4) is 0 Å². The number of amides is 1. The summed E-state index contributed by atoms with van der Waals surface area (Å²) in [6.45, 7) is 5.08. The average Bonchev–Trinajstić information content (AvgIpc) is 2.89. The second-order valence-electron chi connectivity index (χ2n) is 5.71. The van der Waals surface area contributed by atoms with Crippen molar-refractivity contribution in [2.24, 2.45) is 7.05 Å². The second kappa shape index (κ2) is 7.63. The maximum absolute atomic E-state index is 12.0. The van der Waals surface area contributed by atoms with Crippen molar-refractivity contribution in [1.82, 2.24) is 14.7 Å². The smallest absolute Gasteiger partial charge is 0.246 e. The predicted octanol–water partition coefficient (Wildman–Crippen LogP) is 2.59. The minimum atomic E-state index is -0.0575. The van der Waals surface area contributed by atoms with E-state index >= 15 is 0 Å². The third kappa shape index (κ3) is 5.29. The van der Waals surface area contributed by atoms with Crippen LogP contribution in [0.15, 0.2) is 36.7 Å². The molecule has 0 fully saturated rings. The molecule has 0 bridgehead atoms. The summed E-state index contributed by atoms with van der Waals surface area (Å²) in [5.41, 5.74) is 3.24. The molecule has 122 valence electrons. The fraction of sp³-hybridized carbons (Fsp3) is 0.333. The lowest BCUT2D eigenvalue weighted by Crippen LogP contribution is -2.29. The first-order valence-electron chi connectivity index (χ1n) is 7.57. The van der Waals surface area contributed by atoms with Crippen molar-refractivity contribution >= 4 is 12.0 Å². The minimum absolute atomic E-state index is 0.0575. The van der Waals surface area contributed by atoms with Gasteiger partial charge in [-0.15, -0.1) is 0 Å². The van der Waals surface area contributed by atoms with Crippen LogP contribution < -0.4 is 4.74 Å². The van der Waals surface area contributed by atoms with Crippen LogP contribution >= 0.6 is 0 Å². The Morgan fingerprint density at radius 3 is 2.61 bits per heavy atom. The summed E-state index contributed by atoms with van der Waals surface area (Å²) in [5.74, 6) is 0.784. The average molecular weight is 313 g/mol. The van der Waals surface area contributed by atoms with Gasteiger partial charge in [0.15, 0.2) is 0 Å². The number of carbonyl (C=O) groups is 1. The zero-order chi connectivity index (χ0) is 16.8. The van der Waals surface area contributed by atoms with Gasteiger partial charge < -0.3 is 9.64 Å². The van der Waals surface area contributed by atoms with E-state index in [4.69, 9.17) is 4.74 Å². The maximum atomic E-state index is 12.0. The number of likely N-dealkylation sites (N-methyl/N-ethyl adjacent to an activating group) is 1. The van der Waals surface area contributed by atoms with Gasteiger partial charge in [-0.3, -0.25) is 9.48 Å². The standard InChI is InChI=1S/C18H23N3O2/c1-14-9-15(2)11-17(10-14)23-8-7-20(3)18(22)6-5-16-12-19-21(4)13-16/h5-6,9-13H,7-8H2,1-4H3/b6-5+. The van der Waals surface area contributed by atoms with Crippen molar-refractivity contribution < 1.29 is 9.53 Å². The Labute approximate surface area is 137 Å². The normalized spacial score (nSPS) is 11.0. The number of nitrogens with zero attached hydrogens (tertiary/aromatic N) is 3. The van der Waals surface area contributed by atoms with Crippen LogP contribution in [0.5, 0.6) is 5.75 Å². The Hall–Kier alpha value is -2.56. The van der Waals surface area contributed by atoms with E-state index in [2.05, 4.69) is 11.2 Å². The lowest BCUT2D eigenvalue weighted by atomic mass is 10.1. The molecule has 0 atom stereocenters. The first-order chi connectivity index (χ1) is 10.9. The molecule has 0 saturated heterocycles. The SMILES string of the molecule is Cc1cc(C)cc(OCCN(C)C(=O)/C=C/c2cnn(C)c2)c1. The molecule has 0 N–H and O–H groups in total. The lowest BCUT2D eigenvalue weighted by Gasteiger charge is -2.16. The molecule has 1 heterocycles. The Bertz CT molecular complexity index is 684. The first kappa shape index (κ1) is 16.8. The van der Waals surface area contributed by atoms with E-state index in [0.29, 0.717) is 13.2 Å². The molecule has 23 heavy (non-hydrogen) atoms. The largest absolute Gasteiger partial charge is 0.492 e. The molecule has 0 aliphatic carbocycles. The Morgan fingerprint density at radius 1 is 1.30 bits per heavy atom. The summed E-state index contributed by atoms with van der Waals surface area (Å²) in [6, 6.07) is 6.10. The van der Waals surface area contributed by atoms with Crippen molar-refractivity contribution in [2.45, 2.75) is 13.8 Å². The third-order valence-electron chi connectivity index (χ3n) is 3.41. The summed E-state index contributed by atoms with van der Waals surface area (Å²) in [5, 5.41) is 4.06. The van der Waals surface area contributed by atoms with Gasteiger partial charge in [-0.05, 0) is 43.2 Å². The van der Waals surface area contributed by atoms with E-state index in [1.807, 2.05) is 39.2 Å². The minimum Gasteiger partial charge on any atom is -0.492 e. The van der Waals surface area contributed by atoms with Crippen LogP contribution in [0.25, 0.3) is 6.08 Å². The van der Waals surface area contributed by atoms with Crippen molar-refractivity contribution in [1.29, 1.82) is 0 Å². The summed E-state index contributed by atoms with van der Waals surface area (Å²) < 4.78 is 7.42. The predicted molar refractivity (Wildman–Crippen MR) is 91.3 cm³/mol. The Morgan fingerprint density at radius 2 is 2.00 bits per heavy atom. The summed E-state index contributed by atoms with van der Waals surface area (Å²) >= 11 is 0. The van der Waals surface area contributed by atoms with E-state index in [9.17, 15) is 4.79 Å². The quantitative estimate of drug-likeness (QED) is 0.770. The third-order valence-corrected chi connectivity index (χ3v) is 3.41. The number of rotatable bonds is 6. The van der Waals surface area contributed by atoms with Gasteiger partial charge in [0.1, 0.15) is 12.4 Å². The first-order valence-corrected chi connectivity index (χ1v) is 7.57. The fourth-order valence-electron chi connectivity index (χ4n) is 2.25. The van der Waals surface area contributed by atoms with Gasteiger partial charge in [-0.25, -0.2) is 0 Å². The van der Waals surface area contributed by atoms with Crippen LogP contribution in [0, 0.1) is 13.8 Å². The van der Waals surface area contributed by atoms with E-state index in [0.717, 1.165) is 11.3 Å². The lowest BCUT2D eigenvalue weighted by molar-refractivity contribution is -0.125. The number of benzene rings is 1. The van der Waals surface area contributed by atoms with Gasteiger partial charge in [0.05, 0.1) is 12.7 Å². The molecule has 1 amide bonds. The van der Waals surface area contributed by atoms with Crippen LogP contribution in [-0.4, -0.2) is 40.8 Å². The van der Waals surface area contributed by atoms with Crippen LogP contribution in [-0.2, 0) is 11.8 Å². The van der Waals surface area contributed by atoms with Gasteiger partial charge in [-0.2, -0.15) is 5.10 Å². The van der Waals surface area contributed by atoms with Gasteiger partial charge in [-0.1, -0.05) is 6.07 Å². The highest BCUT2D eigenvalue weighted by molar-refractivity contribution is 5.91. The second-order valence-corrected chi connectivity index (χ2v) is 5.71. The highest BCUT2D eigenvalue weighted by Gasteiger charge is 2.05. The van der Waals surface area contributed by atoms with E-state index in [1.54, 1.807) is 35.0 Å².